The molecule has 1 saturated heterocycles. The van der Waals surface area contributed by atoms with E-state index in [0.717, 1.165) is 21.4 Å². The average Bonchev–Trinajstić information content (AvgIpc) is 3.69. The molecule has 0 saturated carbocycles. The number of imidazole rings is 2. The van der Waals surface area contributed by atoms with E-state index >= 15 is 0 Å². The lowest BCUT2D eigenvalue weighted by molar-refractivity contribution is -0.140. The van der Waals surface area contributed by atoms with Crippen LogP contribution in [0.4, 0.5) is 26.3 Å². The molecule has 2 aromatic carbocycles. The van der Waals surface area contributed by atoms with Crippen LogP contribution in [0.3, 0.4) is 0 Å². The molecule has 5 aromatic rings. The van der Waals surface area contributed by atoms with Gasteiger partial charge in [-0.25, -0.2) is 27.6 Å². The fourth-order valence-corrected chi connectivity index (χ4v) is 5.12. The van der Waals surface area contributed by atoms with Crippen molar-refractivity contribution >= 4 is 16.9 Å². The highest BCUT2D eigenvalue weighted by Gasteiger charge is 2.35. The molecule has 1 aliphatic heterocycles. The molecule has 2 N–H and O–H groups in total. The molecular weight excluding hydrogens is 556 g/mol. The van der Waals surface area contributed by atoms with Gasteiger partial charge in [-0.05, 0) is 49.2 Å². The number of likely N-dealkylation sites (tertiary alicyclic amines) is 1. The van der Waals surface area contributed by atoms with Gasteiger partial charge in [0.15, 0.2) is 17.3 Å². The summed E-state index contributed by atoms with van der Waals surface area (Å²) >= 11 is 0. The van der Waals surface area contributed by atoms with Gasteiger partial charge in [0, 0.05) is 25.3 Å². The number of carbonyl (C=O) groups is 1. The molecule has 0 radical (unpaired) electrons. The summed E-state index contributed by atoms with van der Waals surface area (Å²) in [7, 11) is 0. The van der Waals surface area contributed by atoms with Gasteiger partial charge < -0.3 is 14.9 Å². The number of aromatic amines is 2. The van der Waals surface area contributed by atoms with Gasteiger partial charge in [0.05, 0.1) is 28.8 Å². The number of hydrogen-bond acceptors (Lipinski definition) is 4. The minimum atomic E-state index is -4.95. The van der Waals surface area contributed by atoms with Gasteiger partial charge >= 0.3 is 11.9 Å². The molecule has 6 rings (SSSR count). The molecule has 1 amide bonds. The highest BCUT2D eigenvalue weighted by atomic mass is 19.4. The van der Waals surface area contributed by atoms with Gasteiger partial charge in [-0.2, -0.15) is 18.3 Å². The third-order valence-corrected chi connectivity index (χ3v) is 7.08. The maximum Gasteiger partial charge on any atom is 0.419 e. The Morgan fingerprint density at radius 2 is 1.73 bits per heavy atom. The van der Waals surface area contributed by atoms with Crippen molar-refractivity contribution in [2.75, 3.05) is 13.1 Å². The third-order valence-electron chi connectivity index (χ3n) is 7.08. The number of rotatable bonds is 4. The summed E-state index contributed by atoms with van der Waals surface area (Å²) < 4.78 is 84.7. The summed E-state index contributed by atoms with van der Waals surface area (Å²) in [6.45, 7) is 0.276. The Hall–Kier alpha value is -4.82. The normalized spacial score (nSPS) is 14.7. The van der Waals surface area contributed by atoms with E-state index in [0.29, 0.717) is 12.1 Å². The molecular formula is C26H19F6N7O2. The highest BCUT2D eigenvalue weighted by molar-refractivity contribution is 5.93. The van der Waals surface area contributed by atoms with Gasteiger partial charge in [0.2, 0.25) is 0 Å². The third kappa shape index (κ3) is 4.56. The number of carbonyl (C=O) groups excluding carboxylic acids is 1. The molecule has 212 valence electrons. The quantitative estimate of drug-likeness (QED) is 0.300. The Bertz CT molecular complexity index is 1830. The van der Waals surface area contributed by atoms with Crippen LogP contribution in [-0.4, -0.2) is 53.2 Å². The molecule has 41 heavy (non-hydrogen) atoms. The van der Waals surface area contributed by atoms with Crippen molar-refractivity contribution in [3.8, 4) is 17.1 Å². The number of H-pyrrole nitrogens is 2. The minimum absolute atomic E-state index is 0.100. The lowest BCUT2D eigenvalue weighted by Gasteiger charge is -2.32. The van der Waals surface area contributed by atoms with Gasteiger partial charge in [-0.3, -0.25) is 9.36 Å². The van der Waals surface area contributed by atoms with Gasteiger partial charge in [0.1, 0.15) is 17.0 Å². The molecule has 9 nitrogen and oxygen atoms in total. The van der Waals surface area contributed by atoms with Crippen LogP contribution in [-0.2, 0) is 6.18 Å². The summed E-state index contributed by atoms with van der Waals surface area (Å²) in [5.74, 6) is -4.23. The van der Waals surface area contributed by atoms with Crippen LogP contribution in [0.25, 0.3) is 28.1 Å². The second kappa shape index (κ2) is 9.67. The fraction of sp³-hybridized carbons (Fsp3) is 0.231. The second-order valence-corrected chi connectivity index (χ2v) is 9.52. The summed E-state index contributed by atoms with van der Waals surface area (Å²) in [6.07, 6.45) is -1.67. The maximum absolute atomic E-state index is 14.5. The molecule has 15 heteroatoms. The molecule has 3 aromatic heterocycles. The van der Waals surface area contributed by atoms with Gasteiger partial charge in [-0.1, -0.05) is 0 Å². The Balaban J connectivity index is 1.29. The van der Waals surface area contributed by atoms with Crippen molar-refractivity contribution in [2.45, 2.75) is 25.1 Å². The number of nitrogens with zero attached hydrogens (tertiary/aromatic N) is 5. The minimum Gasteiger partial charge on any atom is -0.351 e. The van der Waals surface area contributed by atoms with Crippen LogP contribution < -0.4 is 5.69 Å². The Morgan fingerprint density at radius 3 is 2.41 bits per heavy atom. The summed E-state index contributed by atoms with van der Waals surface area (Å²) in [6, 6.07) is 5.41. The molecule has 1 fully saturated rings. The maximum atomic E-state index is 14.5. The SMILES string of the molecule is O=C(c1cc(-c2c[nH]cn2)n(-c2ccc(F)c(C(F)(F)F)c2)n1)N1CCC(n2c(=O)[nH]c3ccc(F)c(F)c32)CC1. The number of halogens is 6. The molecule has 0 atom stereocenters. The van der Waals surface area contributed by atoms with Crippen LogP contribution in [0.5, 0.6) is 0 Å². The van der Waals surface area contributed by atoms with Crippen molar-refractivity contribution < 1.29 is 31.1 Å². The zero-order valence-corrected chi connectivity index (χ0v) is 20.8. The van der Waals surface area contributed by atoms with Crippen LogP contribution in [0.1, 0.15) is 34.9 Å². The first-order chi connectivity index (χ1) is 19.5. The number of aromatic nitrogens is 6. The monoisotopic (exact) mass is 575 g/mol. The lowest BCUT2D eigenvalue weighted by atomic mass is 10.0. The average molecular weight is 575 g/mol. The fourth-order valence-electron chi connectivity index (χ4n) is 5.12. The van der Waals surface area contributed by atoms with Gasteiger partial charge in [0.25, 0.3) is 5.91 Å². The predicted octanol–water partition coefficient (Wildman–Crippen LogP) is 4.82. The Morgan fingerprint density at radius 1 is 1.00 bits per heavy atom. The number of benzene rings is 2. The molecule has 0 aliphatic carbocycles. The number of alkyl halides is 3. The summed E-state index contributed by atoms with van der Waals surface area (Å²) in [5.41, 5.74) is -1.89. The van der Waals surface area contributed by atoms with Crippen molar-refractivity contribution in [2.24, 2.45) is 0 Å². The van der Waals surface area contributed by atoms with E-state index in [1.54, 1.807) is 0 Å². The number of hydrogen-bond donors (Lipinski definition) is 2. The van der Waals surface area contributed by atoms with Crippen molar-refractivity contribution in [3.05, 3.63) is 88.1 Å². The highest BCUT2D eigenvalue weighted by Crippen LogP contribution is 2.34. The molecule has 0 bridgehead atoms. The smallest absolute Gasteiger partial charge is 0.351 e. The van der Waals surface area contributed by atoms with E-state index in [-0.39, 0.29) is 59.7 Å². The number of amides is 1. The molecule has 0 spiro atoms. The predicted molar refractivity (Wildman–Crippen MR) is 133 cm³/mol. The van der Waals surface area contributed by atoms with Crippen molar-refractivity contribution in [3.63, 3.8) is 0 Å². The number of nitrogens with one attached hydrogen (secondary N) is 2. The van der Waals surface area contributed by atoms with Crippen molar-refractivity contribution in [1.82, 2.24) is 34.2 Å². The topological polar surface area (TPSA) is 105 Å². The Kier molecular flexibility index (Phi) is 6.23. The zero-order chi connectivity index (χ0) is 29.1. The van der Waals surface area contributed by atoms with Crippen LogP contribution in [0, 0.1) is 17.5 Å². The standard InChI is InChI=1S/C26H19F6N7O2/c27-16-2-1-14(9-15(16)26(30,31)32)39-21(20-11-33-12-34-20)10-19(36-39)24(40)37-7-5-13(6-8-37)38-23-18(35-25(38)41)4-3-17(28)22(23)29/h1-4,9-13H,5-8H2,(H,33,34)(H,35,41). The second-order valence-electron chi connectivity index (χ2n) is 9.52. The number of piperidine rings is 1. The van der Waals surface area contributed by atoms with Crippen LogP contribution >= 0.6 is 0 Å². The van der Waals surface area contributed by atoms with E-state index in [9.17, 15) is 35.9 Å². The van der Waals surface area contributed by atoms with Crippen LogP contribution in [0.15, 0.2) is 53.7 Å². The van der Waals surface area contributed by atoms with E-state index in [2.05, 4.69) is 20.1 Å². The molecule has 4 heterocycles. The summed E-state index contributed by atoms with van der Waals surface area (Å²) in [4.78, 5) is 36.8. The van der Waals surface area contributed by atoms with E-state index < -0.39 is 46.8 Å². The zero-order valence-electron chi connectivity index (χ0n) is 20.8. The lowest BCUT2D eigenvalue weighted by Crippen LogP contribution is -2.40. The van der Waals surface area contributed by atoms with Crippen molar-refractivity contribution in [1.29, 1.82) is 0 Å². The Labute approximate surface area is 226 Å². The largest absolute Gasteiger partial charge is 0.419 e. The number of fused-ring (bicyclic) bond motifs is 1. The van der Waals surface area contributed by atoms with E-state index in [1.807, 2.05) is 0 Å². The van der Waals surface area contributed by atoms with E-state index in [4.69, 9.17) is 0 Å². The van der Waals surface area contributed by atoms with E-state index in [1.165, 1.54) is 29.6 Å². The first-order valence-corrected chi connectivity index (χ1v) is 12.4. The van der Waals surface area contributed by atoms with Gasteiger partial charge in [-0.15, -0.1) is 0 Å². The first-order valence-electron chi connectivity index (χ1n) is 12.4. The van der Waals surface area contributed by atoms with Crippen LogP contribution in [0.2, 0.25) is 0 Å². The first kappa shape index (κ1) is 26.4. The molecule has 0 unspecified atom stereocenters. The summed E-state index contributed by atoms with van der Waals surface area (Å²) in [5, 5.41) is 4.24. The molecule has 1 aliphatic rings.